The number of carboxylic acid groups (broad SMARTS) is 1. The average molecular weight is 1320 g/mol. The maximum Gasteiger partial charge on any atom is 0.516 e. The Balaban J connectivity index is 0.000000427. The molecule has 93 heavy (non-hydrogen) atoms. The number of nitrogens with zero attached hydrogens (tertiary/aromatic N) is 6. The summed E-state index contributed by atoms with van der Waals surface area (Å²) in [6.45, 7) is 38.6. The van der Waals surface area contributed by atoms with E-state index in [2.05, 4.69) is 39.2 Å². The zero-order chi connectivity index (χ0) is 71.0. The Bertz CT molecular complexity index is 2560. The molecule has 0 radical (unpaired) electrons. The summed E-state index contributed by atoms with van der Waals surface area (Å²) in [5.74, 6) is -4.67. The molecule has 5 saturated heterocycles. The number of azide groups is 2. The smallest absolute Gasteiger partial charge is 0.481 e. The van der Waals surface area contributed by atoms with E-state index in [1.165, 1.54) is 0 Å². The molecule has 0 bridgehead atoms. The van der Waals surface area contributed by atoms with Crippen molar-refractivity contribution >= 4 is 60.0 Å². The standard InChI is InChI=1S/C19H31N3O6.C19H33NO6.C14H23N3O4.C14H23NO3/c1-10(2)9-26-19(25)28-18(24)13(11(3)4)7-15(21-22-20)16-8-14(12(5)6)17(23)27-16;1-10(2)9-24-19(23)26-18(22)13(11(3)4)7-15(20)16-8-14(12(5)6)17(21)25-16;1-7(2)9(13(18)19)5-11(16-17-15)12-6-10(8(3)4)14(20)21-12;1-7(2)9-5-11(15-13(9)16)12-6-10(8(3)4)14(17)18-12/h10-16H,7-9H2,1-6H3;10-16H,7-9,20H2,1-6H3;7-12H,5-6H2,1-4H3,(H,18,19);7-12H,5-6H2,1-4H3,(H,15,16)/t2*13-,14-,15+,16?;9-,10-,11-,12?;9-,10-,11?,12?/m0000/s1. The minimum Gasteiger partial charge on any atom is -0.481 e. The molecule has 16 atom stereocenters. The molecule has 0 aliphatic carbocycles. The summed E-state index contributed by atoms with van der Waals surface area (Å²) in [6.07, 6.45) is -0.154. The fourth-order valence-corrected chi connectivity index (χ4v) is 11.7. The Morgan fingerprint density at radius 3 is 1.14 bits per heavy atom. The fourth-order valence-electron chi connectivity index (χ4n) is 11.7. The Labute approximate surface area is 549 Å². The molecule has 5 rings (SSSR count). The van der Waals surface area contributed by atoms with Gasteiger partial charge in [-0.05, 0) is 122 Å². The van der Waals surface area contributed by atoms with Crippen LogP contribution < -0.4 is 11.1 Å². The lowest BCUT2D eigenvalue weighted by Gasteiger charge is -2.25. The van der Waals surface area contributed by atoms with Crippen LogP contribution >= 0.6 is 0 Å². The highest BCUT2D eigenvalue weighted by molar-refractivity contribution is 5.85. The zero-order valence-electron chi connectivity index (χ0n) is 58.6. The van der Waals surface area contributed by atoms with Crippen molar-refractivity contribution in [3.05, 3.63) is 20.9 Å². The first-order chi connectivity index (χ1) is 43.3. The normalized spacial score (nSPS) is 25.3. The molecule has 528 valence electrons. The van der Waals surface area contributed by atoms with Crippen molar-refractivity contribution in [2.75, 3.05) is 13.2 Å². The number of carboxylic acids is 1. The molecular formula is C66H110N8O19. The van der Waals surface area contributed by atoms with Gasteiger partial charge in [0, 0.05) is 21.8 Å². The maximum atomic E-state index is 12.5. The molecule has 4 N–H and O–H groups in total. The zero-order valence-corrected chi connectivity index (χ0v) is 58.6. The van der Waals surface area contributed by atoms with Gasteiger partial charge < -0.3 is 54.1 Å². The molecule has 5 unspecified atom stereocenters. The number of nitrogens with two attached hydrogens (primary N) is 1. The number of amides is 1. The van der Waals surface area contributed by atoms with Crippen molar-refractivity contribution in [2.24, 2.45) is 122 Å². The van der Waals surface area contributed by atoms with Crippen LogP contribution in [0.2, 0.25) is 0 Å². The third-order valence-corrected chi connectivity index (χ3v) is 17.9. The van der Waals surface area contributed by atoms with Crippen LogP contribution in [0.1, 0.15) is 190 Å². The van der Waals surface area contributed by atoms with Gasteiger partial charge in [-0.1, -0.05) is 149 Å². The number of ether oxygens (including phenoxy) is 8. The number of nitrogens with one attached hydrogen (secondary N) is 1. The van der Waals surface area contributed by atoms with Crippen LogP contribution in [0.15, 0.2) is 10.2 Å². The molecule has 0 spiro atoms. The second-order valence-electron chi connectivity index (χ2n) is 29.0. The number of rotatable bonds is 27. The van der Waals surface area contributed by atoms with E-state index in [0.717, 1.165) is 12.8 Å². The number of cyclic esters (lactones) is 4. The van der Waals surface area contributed by atoms with Gasteiger partial charge in [0.1, 0.15) is 24.4 Å². The second kappa shape index (κ2) is 39.2. The van der Waals surface area contributed by atoms with E-state index in [-0.39, 0.29) is 151 Å². The molecule has 5 heterocycles. The minimum absolute atomic E-state index is 0.00926. The molecule has 0 aromatic rings. The number of carbonyl (C=O) groups excluding carboxylic acids is 9. The lowest BCUT2D eigenvalue weighted by Crippen LogP contribution is -2.40. The van der Waals surface area contributed by atoms with E-state index in [9.17, 15) is 53.1 Å². The first-order valence-corrected chi connectivity index (χ1v) is 33.2. The monoisotopic (exact) mass is 1320 g/mol. The summed E-state index contributed by atoms with van der Waals surface area (Å²) in [7, 11) is 0. The molecule has 0 aromatic carbocycles. The first-order valence-electron chi connectivity index (χ1n) is 33.2. The number of hydrogen-bond donors (Lipinski definition) is 3. The number of esters is 6. The largest absolute Gasteiger partial charge is 0.516 e. The van der Waals surface area contributed by atoms with Crippen LogP contribution in [0.25, 0.3) is 20.9 Å². The molecule has 1 amide bonds. The minimum atomic E-state index is -1.04. The van der Waals surface area contributed by atoms with Crippen molar-refractivity contribution in [1.82, 2.24) is 5.32 Å². The summed E-state index contributed by atoms with van der Waals surface area (Å²) in [5, 5.41) is 19.7. The number of aliphatic carboxylic acids is 1. The highest BCUT2D eigenvalue weighted by Gasteiger charge is 2.47. The Hall–Kier alpha value is -6.72. The van der Waals surface area contributed by atoms with E-state index < -0.39 is 84.4 Å². The lowest BCUT2D eigenvalue weighted by atomic mass is 9.85. The van der Waals surface area contributed by atoms with Gasteiger partial charge in [-0.25, -0.2) is 9.59 Å². The van der Waals surface area contributed by atoms with Crippen LogP contribution in [-0.4, -0.2) is 127 Å². The molecule has 5 aliphatic heterocycles. The van der Waals surface area contributed by atoms with Crippen LogP contribution in [0, 0.1) is 107 Å². The van der Waals surface area contributed by atoms with Crippen LogP contribution in [0.5, 0.6) is 0 Å². The molecule has 5 aliphatic rings. The van der Waals surface area contributed by atoms with Crippen molar-refractivity contribution in [1.29, 1.82) is 0 Å². The van der Waals surface area contributed by atoms with Crippen molar-refractivity contribution in [3.8, 4) is 0 Å². The maximum absolute atomic E-state index is 12.5. The predicted molar refractivity (Wildman–Crippen MR) is 341 cm³/mol. The van der Waals surface area contributed by atoms with E-state index in [0.29, 0.717) is 31.1 Å². The quantitative estimate of drug-likeness (QED) is 0.0172. The third kappa shape index (κ3) is 26.5. The topological polar surface area (TPSA) is 400 Å². The van der Waals surface area contributed by atoms with E-state index in [4.69, 9.17) is 54.7 Å². The Kier molecular flexibility index (Phi) is 34.7. The van der Waals surface area contributed by atoms with Crippen LogP contribution in [-0.2, 0) is 76.3 Å². The summed E-state index contributed by atoms with van der Waals surface area (Å²) >= 11 is 0. The molecule has 27 nitrogen and oxygen atoms in total. The third-order valence-electron chi connectivity index (χ3n) is 17.9. The SMILES string of the molecule is CC(C)COC(=O)OC(=O)[C@@H](C[C@@H](N)C1C[C@@H](C(C)C)C(=O)O1)C(C)C.CC(C)COC(=O)OC(=O)[C@@H](C[C@@H](N=[N+]=[N-])C1C[C@@H](C(C)C)C(=O)O1)C(C)C.CC(C)[C@@H]1CC(C2C[C@@H](C(C)C)C(=O)O2)NC1=O.CC(C)[C@H](C[C@H](N=[N+]=[N-])C1C[C@@H](C(C)C)C(=O)O1)C(=O)O. The van der Waals surface area contributed by atoms with Crippen LogP contribution in [0.3, 0.4) is 0 Å². The van der Waals surface area contributed by atoms with Gasteiger partial charge in [-0.2, -0.15) is 0 Å². The van der Waals surface area contributed by atoms with Gasteiger partial charge in [-0.3, -0.25) is 38.4 Å². The lowest BCUT2D eigenvalue weighted by molar-refractivity contribution is -0.149. The fraction of sp³-hybridized carbons (Fsp3) is 0.848. The number of hydrogen-bond acceptors (Lipinski definition) is 21. The van der Waals surface area contributed by atoms with Gasteiger partial charge in [0.2, 0.25) is 5.91 Å². The van der Waals surface area contributed by atoms with Crippen LogP contribution in [0.4, 0.5) is 9.59 Å². The molecule has 0 aromatic heterocycles. The van der Waals surface area contributed by atoms with Gasteiger partial charge in [0.05, 0.1) is 72.8 Å². The predicted octanol–water partition coefficient (Wildman–Crippen LogP) is 11.9. The summed E-state index contributed by atoms with van der Waals surface area (Å²) in [4.78, 5) is 124. The van der Waals surface area contributed by atoms with E-state index in [1.807, 2.05) is 111 Å². The van der Waals surface area contributed by atoms with Crippen molar-refractivity contribution in [2.45, 2.75) is 238 Å². The Morgan fingerprint density at radius 1 is 0.495 bits per heavy atom. The van der Waals surface area contributed by atoms with E-state index in [1.54, 1.807) is 13.8 Å². The van der Waals surface area contributed by atoms with Gasteiger partial charge in [0.15, 0.2) is 0 Å². The van der Waals surface area contributed by atoms with Gasteiger partial charge in [0.25, 0.3) is 0 Å². The summed E-state index contributed by atoms with van der Waals surface area (Å²) < 4.78 is 40.9. The highest BCUT2D eigenvalue weighted by Crippen LogP contribution is 2.38. The Morgan fingerprint density at radius 2 is 0.828 bits per heavy atom. The molecular weight excluding hydrogens is 1210 g/mol. The van der Waals surface area contributed by atoms with E-state index >= 15 is 0 Å². The second-order valence-corrected chi connectivity index (χ2v) is 29.0. The van der Waals surface area contributed by atoms with Gasteiger partial charge >= 0.3 is 54.1 Å². The first kappa shape index (κ1) is 82.4. The summed E-state index contributed by atoms with van der Waals surface area (Å²) in [6, 6.07) is -1.83. The summed E-state index contributed by atoms with van der Waals surface area (Å²) in [5.41, 5.74) is 23.8. The molecule has 0 saturated carbocycles. The highest BCUT2D eigenvalue weighted by atomic mass is 16.7. The van der Waals surface area contributed by atoms with Crippen molar-refractivity contribution in [3.63, 3.8) is 0 Å². The molecule has 27 heteroatoms. The van der Waals surface area contributed by atoms with Crippen molar-refractivity contribution < 1.29 is 90.9 Å². The average Bonchev–Trinajstić information content (AvgIpc) is 1.73. The number of carbonyl (C=O) groups is 10. The van der Waals surface area contributed by atoms with Gasteiger partial charge in [-0.15, -0.1) is 0 Å². The molecule has 5 fully saturated rings.